The predicted molar refractivity (Wildman–Crippen MR) is 122 cm³/mol. The molecule has 0 aliphatic carbocycles. The second kappa shape index (κ2) is 9.57. The van der Waals surface area contributed by atoms with Crippen molar-refractivity contribution in [3.8, 4) is 11.5 Å². The summed E-state index contributed by atoms with van der Waals surface area (Å²) in [6.45, 7) is 2.82. The molecule has 0 saturated carbocycles. The molecule has 6 nitrogen and oxygen atoms in total. The Labute approximate surface area is 188 Å². The van der Waals surface area contributed by atoms with Gasteiger partial charge in [0, 0.05) is 38.6 Å². The van der Waals surface area contributed by atoms with Gasteiger partial charge in [0.15, 0.2) is 5.78 Å². The van der Waals surface area contributed by atoms with Crippen molar-refractivity contribution in [1.82, 2.24) is 4.90 Å². The van der Waals surface area contributed by atoms with Crippen LogP contribution in [-0.2, 0) is 16.0 Å². The normalized spacial score (nSPS) is 17.8. The van der Waals surface area contributed by atoms with Gasteiger partial charge < -0.3 is 19.1 Å². The quantitative estimate of drug-likeness (QED) is 0.506. The molecule has 0 N–H and O–H groups in total. The number of methoxy groups -OCH3 is 2. The molecule has 168 valence electrons. The van der Waals surface area contributed by atoms with Crippen LogP contribution in [0.4, 0.5) is 0 Å². The maximum atomic E-state index is 12.9. The molecule has 2 aromatic carbocycles. The molecule has 32 heavy (non-hydrogen) atoms. The topological polar surface area (TPSA) is 65.1 Å². The first-order chi connectivity index (χ1) is 15.5. The molecule has 2 aromatic rings. The van der Waals surface area contributed by atoms with E-state index in [-0.39, 0.29) is 5.78 Å². The van der Waals surface area contributed by atoms with Gasteiger partial charge in [-0.2, -0.15) is 0 Å². The number of benzene rings is 2. The van der Waals surface area contributed by atoms with E-state index in [0.717, 1.165) is 50.2 Å². The minimum atomic E-state index is -0.428. The number of Topliss-reactive ketones (excluding diaryl/α,β-unsaturated/α-hetero) is 1. The zero-order valence-electron chi connectivity index (χ0n) is 18.6. The van der Waals surface area contributed by atoms with Gasteiger partial charge >= 0.3 is 5.97 Å². The Balaban J connectivity index is 1.35. The number of likely N-dealkylation sites (tertiary alicyclic amines) is 1. The highest BCUT2D eigenvalue weighted by Crippen LogP contribution is 2.39. The molecule has 0 atom stereocenters. The number of esters is 1. The van der Waals surface area contributed by atoms with Crippen molar-refractivity contribution in [1.29, 1.82) is 0 Å². The van der Waals surface area contributed by atoms with Gasteiger partial charge in [0.1, 0.15) is 17.1 Å². The third-order valence-electron chi connectivity index (χ3n) is 6.37. The highest BCUT2D eigenvalue weighted by Gasteiger charge is 2.42. The van der Waals surface area contributed by atoms with Crippen molar-refractivity contribution >= 4 is 17.8 Å². The van der Waals surface area contributed by atoms with E-state index in [0.29, 0.717) is 17.7 Å². The van der Waals surface area contributed by atoms with Crippen LogP contribution in [0.1, 0.15) is 40.7 Å². The molecule has 1 fully saturated rings. The summed E-state index contributed by atoms with van der Waals surface area (Å²) in [5.74, 6) is 1.19. The Bertz CT molecular complexity index is 1000. The maximum absolute atomic E-state index is 12.9. The van der Waals surface area contributed by atoms with Gasteiger partial charge in [-0.25, -0.2) is 4.79 Å². The molecule has 1 saturated heterocycles. The summed E-state index contributed by atoms with van der Waals surface area (Å²) in [7, 11) is 3.01. The monoisotopic (exact) mass is 435 g/mol. The van der Waals surface area contributed by atoms with Crippen LogP contribution in [0.15, 0.2) is 48.5 Å². The molecule has 0 radical (unpaired) electrons. The predicted octanol–water partition coefficient (Wildman–Crippen LogP) is 3.92. The highest BCUT2D eigenvalue weighted by molar-refractivity contribution is 6.01. The Morgan fingerprint density at radius 1 is 1.12 bits per heavy atom. The number of hydrogen-bond donors (Lipinski definition) is 0. The highest BCUT2D eigenvalue weighted by atomic mass is 16.5. The van der Waals surface area contributed by atoms with Crippen molar-refractivity contribution < 1.29 is 23.8 Å². The number of carbonyl (C=O) groups excluding carboxylic acids is 2. The Morgan fingerprint density at radius 2 is 1.88 bits per heavy atom. The van der Waals surface area contributed by atoms with Crippen molar-refractivity contribution in [2.24, 2.45) is 0 Å². The number of rotatable bonds is 6. The van der Waals surface area contributed by atoms with Gasteiger partial charge in [0.05, 0.1) is 26.2 Å². The maximum Gasteiger partial charge on any atom is 0.330 e. The average molecular weight is 436 g/mol. The molecule has 2 heterocycles. The van der Waals surface area contributed by atoms with Gasteiger partial charge in [-0.3, -0.25) is 4.79 Å². The van der Waals surface area contributed by atoms with Crippen molar-refractivity contribution in [2.45, 2.75) is 31.3 Å². The first kappa shape index (κ1) is 22.1. The molecule has 4 rings (SSSR count). The second-order valence-corrected chi connectivity index (χ2v) is 8.44. The van der Waals surface area contributed by atoms with E-state index in [1.165, 1.54) is 18.7 Å². The molecule has 6 heteroatoms. The van der Waals surface area contributed by atoms with Crippen LogP contribution in [0.3, 0.4) is 0 Å². The minimum Gasteiger partial charge on any atom is -0.497 e. The molecule has 2 aliphatic heterocycles. The largest absolute Gasteiger partial charge is 0.497 e. The molecule has 0 amide bonds. The number of ether oxygens (including phenoxy) is 3. The number of carbonyl (C=O) groups is 2. The SMILES string of the molecule is COC(=O)C=Cc1ccc2c(c1)C(=O)CC1(CCN(CCc3ccc(OC)cc3)CC1)O2. The molecule has 1 spiro atoms. The second-order valence-electron chi connectivity index (χ2n) is 8.44. The van der Waals surface area contributed by atoms with Crippen LogP contribution < -0.4 is 9.47 Å². The van der Waals surface area contributed by atoms with Crippen molar-refractivity contribution in [3.05, 3.63) is 65.2 Å². The third kappa shape index (κ3) is 5.02. The van der Waals surface area contributed by atoms with Crippen molar-refractivity contribution in [3.63, 3.8) is 0 Å². The molecular weight excluding hydrogens is 406 g/mol. The Kier molecular flexibility index (Phi) is 6.61. The lowest BCUT2D eigenvalue weighted by Gasteiger charge is -2.44. The van der Waals surface area contributed by atoms with Gasteiger partial charge in [-0.1, -0.05) is 18.2 Å². The van der Waals surface area contributed by atoms with E-state index in [2.05, 4.69) is 21.8 Å². The summed E-state index contributed by atoms with van der Waals surface area (Å²) in [6, 6.07) is 13.7. The van der Waals surface area contributed by atoms with E-state index in [9.17, 15) is 9.59 Å². The lowest BCUT2D eigenvalue weighted by molar-refractivity contribution is -0.134. The fraction of sp³-hybridized carbons (Fsp3) is 0.385. The van der Waals surface area contributed by atoms with E-state index < -0.39 is 11.6 Å². The molecular formula is C26H29NO5. The number of ketones is 1. The third-order valence-corrected chi connectivity index (χ3v) is 6.37. The molecule has 2 aliphatic rings. The summed E-state index contributed by atoms with van der Waals surface area (Å²) in [5.41, 5.74) is 2.24. The van der Waals surface area contributed by atoms with E-state index in [4.69, 9.17) is 9.47 Å². The summed E-state index contributed by atoms with van der Waals surface area (Å²) >= 11 is 0. The zero-order chi connectivity index (χ0) is 22.6. The van der Waals surface area contributed by atoms with E-state index in [1.807, 2.05) is 24.3 Å². The first-order valence-electron chi connectivity index (χ1n) is 11.0. The molecule has 0 bridgehead atoms. The Hall–Kier alpha value is -3.12. The zero-order valence-corrected chi connectivity index (χ0v) is 18.6. The van der Waals surface area contributed by atoms with E-state index >= 15 is 0 Å². The van der Waals surface area contributed by atoms with Crippen LogP contribution in [0, 0.1) is 0 Å². The van der Waals surface area contributed by atoms with Crippen LogP contribution in [0.25, 0.3) is 6.08 Å². The molecule has 0 unspecified atom stereocenters. The minimum absolute atomic E-state index is 0.103. The summed E-state index contributed by atoms with van der Waals surface area (Å²) in [6.07, 6.45) is 6.05. The van der Waals surface area contributed by atoms with Gasteiger partial charge in [0.2, 0.25) is 0 Å². The van der Waals surface area contributed by atoms with Crippen molar-refractivity contribution in [2.75, 3.05) is 33.9 Å². The standard InChI is InChI=1S/C26H29NO5/c1-30-21-7-3-19(4-8-21)11-14-27-15-12-26(13-16-27)18-23(28)22-17-20(5-9-24(22)32-26)6-10-25(29)31-2/h3-10,17H,11-16,18H2,1-2H3. The fourth-order valence-electron chi connectivity index (χ4n) is 4.39. The number of piperidine rings is 1. The smallest absolute Gasteiger partial charge is 0.330 e. The van der Waals surface area contributed by atoms with Gasteiger partial charge in [-0.05, 0) is 47.9 Å². The van der Waals surface area contributed by atoms with Crippen LogP contribution in [0.2, 0.25) is 0 Å². The lowest BCUT2D eigenvalue weighted by Crippen LogP contribution is -2.51. The summed E-state index contributed by atoms with van der Waals surface area (Å²) in [5, 5.41) is 0. The first-order valence-corrected chi connectivity index (χ1v) is 11.0. The number of hydrogen-bond acceptors (Lipinski definition) is 6. The Morgan fingerprint density at radius 3 is 2.56 bits per heavy atom. The van der Waals surface area contributed by atoms with Crippen LogP contribution in [-0.4, -0.2) is 56.1 Å². The fourth-order valence-corrected chi connectivity index (χ4v) is 4.39. The summed E-state index contributed by atoms with van der Waals surface area (Å²) < 4.78 is 16.2. The number of nitrogens with zero attached hydrogens (tertiary/aromatic N) is 1. The molecule has 0 aromatic heterocycles. The van der Waals surface area contributed by atoms with Crippen LogP contribution in [0.5, 0.6) is 11.5 Å². The summed E-state index contributed by atoms with van der Waals surface area (Å²) in [4.78, 5) is 26.7. The van der Waals surface area contributed by atoms with Crippen LogP contribution >= 0.6 is 0 Å². The number of fused-ring (bicyclic) bond motifs is 1. The average Bonchev–Trinajstić information content (AvgIpc) is 2.82. The van der Waals surface area contributed by atoms with Gasteiger partial charge in [-0.15, -0.1) is 0 Å². The lowest BCUT2D eigenvalue weighted by atomic mass is 9.82. The van der Waals surface area contributed by atoms with E-state index in [1.54, 1.807) is 19.3 Å². The van der Waals surface area contributed by atoms with Gasteiger partial charge in [0.25, 0.3) is 0 Å².